The Morgan fingerprint density at radius 3 is 1.81 bits per heavy atom. The maximum atomic E-state index is 8.34. The zero-order chi connectivity index (χ0) is 22.1. The summed E-state index contributed by atoms with van der Waals surface area (Å²) in [5, 5.41) is 19.3. The zero-order valence-electron chi connectivity index (χ0n) is 18.3. The first kappa shape index (κ1) is 19.9. The normalized spacial score (nSPS) is 11.8. The van der Waals surface area contributed by atoms with Crippen molar-refractivity contribution in [2.24, 2.45) is 0 Å². The molecule has 6 aromatic rings. The van der Waals surface area contributed by atoms with Crippen LogP contribution >= 0.6 is 0 Å². The SMILES string of the molecule is CC(C#CO)c1ccccc1.Cc1ccc2c3cccc4cccc(c5cccc1c52)c43. The third-order valence-electron chi connectivity index (χ3n) is 6.32. The molecule has 1 unspecified atom stereocenters. The molecule has 0 aliphatic rings. The minimum atomic E-state index is 0.112. The first-order valence-corrected chi connectivity index (χ1v) is 10.9. The fraction of sp³-hybridized carbons (Fsp3) is 0.0968. The van der Waals surface area contributed by atoms with Crippen LogP contribution in [0.4, 0.5) is 0 Å². The smallest absolute Gasteiger partial charge is 0.108 e. The predicted octanol–water partition coefficient (Wildman–Crippen LogP) is 8.17. The Kier molecular flexibility index (Phi) is 5.13. The van der Waals surface area contributed by atoms with E-state index in [4.69, 9.17) is 5.11 Å². The van der Waals surface area contributed by atoms with Crippen LogP contribution in [0.3, 0.4) is 0 Å². The molecule has 1 atom stereocenters. The summed E-state index contributed by atoms with van der Waals surface area (Å²) in [5.74, 6) is 2.78. The van der Waals surface area contributed by atoms with E-state index in [1.54, 1.807) is 0 Å². The van der Waals surface area contributed by atoms with Gasteiger partial charge in [0, 0.05) is 5.92 Å². The van der Waals surface area contributed by atoms with E-state index in [2.05, 4.69) is 79.6 Å². The average molecular weight is 413 g/mol. The van der Waals surface area contributed by atoms with Gasteiger partial charge in [0.15, 0.2) is 0 Å². The van der Waals surface area contributed by atoms with Crippen molar-refractivity contribution in [3.63, 3.8) is 0 Å². The van der Waals surface area contributed by atoms with Crippen LogP contribution in [0.25, 0.3) is 43.1 Å². The number of hydrogen-bond donors (Lipinski definition) is 1. The molecule has 32 heavy (non-hydrogen) atoms. The molecule has 0 aliphatic heterocycles. The molecule has 0 radical (unpaired) electrons. The van der Waals surface area contributed by atoms with E-state index in [0.29, 0.717) is 0 Å². The Hall–Kier alpha value is -4.02. The van der Waals surface area contributed by atoms with Crippen LogP contribution in [0.2, 0.25) is 0 Å². The maximum Gasteiger partial charge on any atom is 0.108 e. The van der Waals surface area contributed by atoms with Crippen molar-refractivity contribution in [2.45, 2.75) is 19.8 Å². The second-order valence-electron chi connectivity index (χ2n) is 8.26. The van der Waals surface area contributed by atoms with Crippen molar-refractivity contribution in [3.05, 3.63) is 108 Å². The summed E-state index contributed by atoms with van der Waals surface area (Å²) < 4.78 is 0. The lowest BCUT2D eigenvalue weighted by Gasteiger charge is -2.15. The Bertz CT molecular complexity index is 1550. The molecule has 1 nitrogen and oxygen atoms in total. The summed E-state index contributed by atoms with van der Waals surface area (Å²) in [6.07, 6.45) is 1.92. The first-order valence-electron chi connectivity index (χ1n) is 10.9. The number of aliphatic hydroxyl groups is 1. The van der Waals surface area contributed by atoms with Crippen LogP contribution in [0.1, 0.15) is 24.0 Å². The van der Waals surface area contributed by atoms with Gasteiger partial charge in [0.25, 0.3) is 0 Å². The van der Waals surface area contributed by atoms with E-state index >= 15 is 0 Å². The highest BCUT2D eigenvalue weighted by molar-refractivity contribution is 6.33. The predicted molar refractivity (Wildman–Crippen MR) is 137 cm³/mol. The summed E-state index contributed by atoms with van der Waals surface area (Å²) in [7, 11) is 0. The highest BCUT2D eigenvalue weighted by Gasteiger charge is 2.12. The Balaban J connectivity index is 0.000000168. The van der Waals surface area contributed by atoms with Crippen LogP contribution in [0.15, 0.2) is 97.1 Å². The number of fused-ring (bicyclic) bond motifs is 2. The van der Waals surface area contributed by atoms with Crippen LogP contribution < -0.4 is 0 Å². The molecule has 0 aromatic heterocycles. The monoisotopic (exact) mass is 412 g/mol. The largest absolute Gasteiger partial charge is 0.462 e. The summed E-state index contributed by atoms with van der Waals surface area (Å²) in [6.45, 7) is 4.16. The van der Waals surface area contributed by atoms with Crippen LogP contribution in [0, 0.1) is 19.0 Å². The van der Waals surface area contributed by atoms with Crippen molar-refractivity contribution < 1.29 is 5.11 Å². The Labute approximate surface area is 188 Å². The van der Waals surface area contributed by atoms with Crippen molar-refractivity contribution >= 4 is 43.1 Å². The fourth-order valence-electron chi connectivity index (χ4n) is 4.71. The number of hydrogen-bond acceptors (Lipinski definition) is 1. The molecule has 0 bridgehead atoms. The standard InChI is InChI=1S/C21H14.C10H10O/c1-13-11-12-19-17-9-3-6-14-5-2-8-16(20(14)17)18-10-4-7-15(13)21(18)19;1-9(7-8-11)10-5-3-2-4-6-10/h2-12H,1H3;2-6,9,11H,1H3. The lowest BCUT2D eigenvalue weighted by Crippen LogP contribution is -1.87. The minimum absolute atomic E-state index is 0.112. The van der Waals surface area contributed by atoms with Crippen molar-refractivity contribution in [2.75, 3.05) is 0 Å². The van der Waals surface area contributed by atoms with Crippen LogP contribution in [-0.2, 0) is 0 Å². The average Bonchev–Trinajstić information content (AvgIpc) is 2.84. The molecule has 6 aromatic carbocycles. The third-order valence-corrected chi connectivity index (χ3v) is 6.32. The first-order chi connectivity index (χ1) is 15.7. The van der Waals surface area contributed by atoms with E-state index < -0.39 is 0 Å². The Morgan fingerprint density at radius 2 is 1.16 bits per heavy atom. The van der Waals surface area contributed by atoms with Gasteiger partial charge in [0.2, 0.25) is 0 Å². The molecule has 0 saturated heterocycles. The summed E-state index contributed by atoms with van der Waals surface area (Å²) in [5.41, 5.74) is 2.48. The third kappa shape index (κ3) is 3.31. The van der Waals surface area contributed by atoms with Crippen molar-refractivity contribution in [1.29, 1.82) is 0 Å². The maximum absolute atomic E-state index is 8.34. The van der Waals surface area contributed by atoms with Gasteiger partial charge in [-0.2, -0.15) is 0 Å². The van der Waals surface area contributed by atoms with Gasteiger partial charge in [0.1, 0.15) is 6.11 Å². The molecular weight excluding hydrogens is 388 g/mol. The molecule has 0 saturated carbocycles. The molecule has 6 rings (SSSR count). The highest BCUT2D eigenvalue weighted by atomic mass is 16.2. The molecule has 154 valence electrons. The second kappa shape index (κ2) is 8.25. The minimum Gasteiger partial charge on any atom is -0.462 e. The molecule has 1 heteroatoms. The molecule has 0 fully saturated rings. The van der Waals surface area contributed by atoms with E-state index in [0.717, 1.165) is 5.56 Å². The molecule has 0 spiro atoms. The van der Waals surface area contributed by atoms with E-state index in [9.17, 15) is 0 Å². The number of benzene rings is 6. The molecule has 0 aliphatic carbocycles. The lowest BCUT2D eigenvalue weighted by molar-refractivity contribution is 0.515. The highest BCUT2D eigenvalue weighted by Crippen LogP contribution is 2.40. The fourth-order valence-corrected chi connectivity index (χ4v) is 4.71. The lowest BCUT2D eigenvalue weighted by atomic mass is 9.89. The topological polar surface area (TPSA) is 20.2 Å². The van der Waals surface area contributed by atoms with E-state index in [1.807, 2.05) is 43.4 Å². The van der Waals surface area contributed by atoms with Gasteiger partial charge in [0.05, 0.1) is 0 Å². The van der Waals surface area contributed by atoms with Crippen LogP contribution in [-0.4, -0.2) is 5.11 Å². The van der Waals surface area contributed by atoms with E-state index in [-0.39, 0.29) is 5.92 Å². The van der Waals surface area contributed by atoms with Crippen molar-refractivity contribution in [3.8, 4) is 12.0 Å². The number of rotatable bonds is 1. The van der Waals surface area contributed by atoms with E-state index in [1.165, 1.54) is 48.7 Å². The summed E-state index contributed by atoms with van der Waals surface area (Å²) >= 11 is 0. The molecular formula is C31H24O. The number of aryl methyl sites for hydroxylation is 1. The van der Waals surface area contributed by atoms with Crippen LogP contribution in [0.5, 0.6) is 0 Å². The Morgan fingerprint density at radius 1 is 0.594 bits per heavy atom. The van der Waals surface area contributed by atoms with Gasteiger partial charge in [-0.3, -0.25) is 0 Å². The van der Waals surface area contributed by atoms with Gasteiger partial charge in [-0.25, -0.2) is 0 Å². The van der Waals surface area contributed by atoms with Gasteiger partial charge in [-0.05, 0) is 68.1 Å². The van der Waals surface area contributed by atoms with Gasteiger partial charge in [-0.15, -0.1) is 0 Å². The second-order valence-corrected chi connectivity index (χ2v) is 8.26. The van der Waals surface area contributed by atoms with Crippen molar-refractivity contribution in [1.82, 2.24) is 0 Å². The van der Waals surface area contributed by atoms with Gasteiger partial charge >= 0.3 is 0 Å². The summed E-state index contributed by atoms with van der Waals surface area (Å²) in [4.78, 5) is 0. The molecule has 0 heterocycles. The van der Waals surface area contributed by atoms with Gasteiger partial charge < -0.3 is 5.11 Å². The zero-order valence-corrected chi connectivity index (χ0v) is 18.3. The number of aliphatic hydroxyl groups excluding tert-OH is 1. The molecule has 0 amide bonds. The quantitative estimate of drug-likeness (QED) is 0.164. The van der Waals surface area contributed by atoms with Gasteiger partial charge in [-0.1, -0.05) is 103 Å². The summed E-state index contributed by atoms with van der Waals surface area (Å²) in [6, 6.07) is 34.4. The molecule has 1 N–H and O–H groups in total.